The van der Waals surface area contributed by atoms with Crippen molar-refractivity contribution in [1.29, 1.82) is 0 Å². The number of hydrogen-bond acceptors (Lipinski definition) is 5. The molecule has 0 aliphatic heterocycles. The van der Waals surface area contributed by atoms with E-state index >= 15 is 0 Å². The van der Waals surface area contributed by atoms with Gasteiger partial charge in [0, 0.05) is 6.07 Å². The van der Waals surface area contributed by atoms with Gasteiger partial charge in [0.2, 0.25) is 0 Å². The first kappa shape index (κ1) is 15.5. The Morgan fingerprint density at radius 3 is 2.68 bits per heavy atom. The zero-order valence-electron chi connectivity index (χ0n) is 11.8. The average molecular weight is 300 g/mol. The van der Waals surface area contributed by atoms with Crippen LogP contribution in [0.25, 0.3) is 0 Å². The zero-order chi connectivity index (χ0) is 15.8. The minimum Gasteiger partial charge on any atom is -0.508 e. The van der Waals surface area contributed by atoms with Crippen molar-refractivity contribution in [2.75, 3.05) is 6.61 Å². The molecule has 0 spiro atoms. The van der Waals surface area contributed by atoms with Crippen LogP contribution >= 0.6 is 0 Å². The highest BCUT2D eigenvalue weighted by atomic mass is 16.5. The van der Waals surface area contributed by atoms with Crippen molar-refractivity contribution in [3.8, 4) is 11.5 Å². The number of carbonyl (C=O) groups is 1. The Morgan fingerprint density at radius 2 is 1.95 bits per heavy atom. The van der Waals surface area contributed by atoms with Crippen LogP contribution in [0.4, 0.5) is 0 Å². The third-order valence-electron chi connectivity index (χ3n) is 2.79. The average Bonchev–Trinajstić information content (AvgIpc) is 2.51. The van der Waals surface area contributed by atoms with Crippen molar-refractivity contribution in [1.82, 2.24) is 5.43 Å². The minimum atomic E-state index is -0.572. The van der Waals surface area contributed by atoms with Crippen molar-refractivity contribution in [2.24, 2.45) is 5.10 Å². The number of ether oxygens (including phenoxy) is 1. The number of phenols is 2. The van der Waals surface area contributed by atoms with Gasteiger partial charge in [-0.2, -0.15) is 5.10 Å². The van der Waals surface area contributed by atoms with E-state index in [1.54, 1.807) is 0 Å². The van der Waals surface area contributed by atoms with E-state index in [1.807, 2.05) is 30.3 Å². The van der Waals surface area contributed by atoms with Crippen LogP contribution in [0.1, 0.15) is 15.9 Å². The molecule has 1 amide bonds. The summed E-state index contributed by atoms with van der Waals surface area (Å²) in [4.78, 5) is 11.7. The standard InChI is InChI=1S/C16H16N2O4/c19-13-6-7-14(15(20)10-13)16(21)18-17-8-9-22-11-12-4-2-1-3-5-12/h1-8,10,19-20H,9,11H2,(H,18,21)/b17-8+. The Balaban J connectivity index is 1.74. The van der Waals surface area contributed by atoms with Crippen molar-refractivity contribution < 1.29 is 19.7 Å². The Bertz CT molecular complexity index is 656. The van der Waals surface area contributed by atoms with E-state index in [9.17, 15) is 9.90 Å². The van der Waals surface area contributed by atoms with Gasteiger partial charge in [-0.3, -0.25) is 4.79 Å². The summed E-state index contributed by atoms with van der Waals surface area (Å²) in [5.41, 5.74) is 3.34. The third-order valence-corrected chi connectivity index (χ3v) is 2.79. The van der Waals surface area contributed by atoms with Crippen LogP contribution in [0, 0.1) is 0 Å². The number of hydrazone groups is 1. The molecule has 0 aliphatic rings. The maximum absolute atomic E-state index is 11.7. The fourth-order valence-electron chi connectivity index (χ4n) is 1.72. The number of carbonyl (C=O) groups excluding carboxylic acids is 1. The molecule has 22 heavy (non-hydrogen) atoms. The minimum absolute atomic E-state index is 0.0279. The number of hydrogen-bond donors (Lipinski definition) is 3. The first-order chi connectivity index (χ1) is 10.7. The van der Waals surface area contributed by atoms with Gasteiger partial charge in [-0.1, -0.05) is 30.3 Å². The van der Waals surface area contributed by atoms with E-state index in [1.165, 1.54) is 18.3 Å². The normalized spacial score (nSPS) is 10.7. The molecule has 6 heteroatoms. The van der Waals surface area contributed by atoms with Gasteiger partial charge in [0.1, 0.15) is 11.5 Å². The second-order valence-electron chi connectivity index (χ2n) is 4.45. The number of phenolic OH excluding ortho intramolecular Hbond substituents is 2. The summed E-state index contributed by atoms with van der Waals surface area (Å²) < 4.78 is 5.36. The smallest absolute Gasteiger partial charge is 0.275 e. The van der Waals surface area contributed by atoms with E-state index in [-0.39, 0.29) is 23.7 Å². The number of aromatic hydroxyl groups is 2. The van der Waals surface area contributed by atoms with Gasteiger partial charge in [-0.25, -0.2) is 5.43 Å². The van der Waals surface area contributed by atoms with Crippen LogP contribution in [-0.4, -0.2) is 28.9 Å². The van der Waals surface area contributed by atoms with Crippen LogP contribution in [0.15, 0.2) is 53.6 Å². The number of amides is 1. The molecule has 3 N–H and O–H groups in total. The molecular weight excluding hydrogens is 284 g/mol. The molecule has 0 saturated heterocycles. The van der Waals surface area contributed by atoms with Gasteiger partial charge in [-0.05, 0) is 17.7 Å². The highest BCUT2D eigenvalue weighted by Gasteiger charge is 2.10. The summed E-state index contributed by atoms with van der Waals surface area (Å²) in [5, 5.41) is 22.4. The zero-order valence-corrected chi connectivity index (χ0v) is 11.8. The number of nitrogens with zero attached hydrogens (tertiary/aromatic N) is 1. The first-order valence-corrected chi connectivity index (χ1v) is 6.62. The van der Waals surface area contributed by atoms with Crippen LogP contribution in [0.5, 0.6) is 11.5 Å². The molecule has 0 heterocycles. The third kappa shape index (κ3) is 4.60. The SMILES string of the molecule is O=C(N/N=C/COCc1ccccc1)c1ccc(O)cc1O. The largest absolute Gasteiger partial charge is 0.508 e. The molecule has 0 atom stereocenters. The van der Waals surface area contributed by atoms with Crippen molar-refractivity contribution in [3.05, 3.63) is 59.7 Å². The number of benzene rings is 2. The molecule has 0 bridgehead atoms. The van der Waals surface area contributed by atoms with Crippen LogP contribution in [0.3, 0.4) is 0 Å². The predicted octanol–water partition coefficient (Wildman–Crippen LogP) is 2.03. The molecular formula is C16H16N2O4. The Hall–Kier alpha value is -2.86. The maximum Gasteiger partial charge on any atom is 0.275 e. The monoisotopic (exact) mass is 300 g/mol. The summed E-state index contributed by atoms with van der Waals surface area (Å²) in [6.07, 6.45) is 1.41. The highest BCUT2D eigenvalue weighted by Crippen LogP contribution is 2.22. The summed E-state index contributed by atoms with van der Waals surface area (Å²) in [6, 6.07) is 13.4. The van der Waals surface area contributed by atoms with Gasteiger partial charge in [0.05, 0.1) is 25.0 Å². The van der Waals surface area contributed by atoms with Crippen LogP contribution in [0.2, 0.25) is 0 Å². The Labute approximate surface area is 127 Å². The molecule has 114 valence electrons. The lowest BCUT2D eigenvalue weighted by Crippen LogP contribution is -2.18. The lowest BCUT2D eigenvalue weighted by Gasteiger charge is -2.03. The Morgan fingerprint density at radius 1 is 1.18 bits per heavy atom. The molecule has 0 saturated carbocycles. The van der Waals surface area contributed by atoms with Crippen molar-refractivity contribution in [3.63, 3.8) is 0 Å². The van der Waals surface area contributed by atoms with Gasteiger partial charge in [-0.15, -0.1) is 0 Å². The molecule has 2 rings (SSSR count). The quantitative estimate of drug-likeness (QED) is 0.432. The Kier molecular flexibility index (Phi) is 5.50. The molecule has 2 aromatic rings. The van der Waals surface area contributed by atoms with E-state index < -0.39 is 5.91 Å². The summed E-state index contributed by atoms with van der Waals surface area (Å²) in [5.74, 6) is -1.00. The number of rotatable bonds is 6. The second-order valence-corrected chi connectivity index (χ2v) is 4.45. The number of nitrogens with one attached hydrogen (secondary N) is 1. The van der Waals surface area contributed by atoms with E-state index in [4.69, 9.17) is 9.84 Å². The molecule has 0 fully saturated rings. The molecule has 0 radical (unpaired) electrons. The van der Waals surface area contributed by atoms with Gasteiger partial charge >= 0.3 is 0 Å². The van der Waals surface area contributed by atoms with E-state index in [0.29, 0.717) is 6.61 Å². The fraction of sp³-hybridized carbons (Fsp3) is 0.125. The first-order valence-electron chi connectivity index (χ1n) is 6.62. The van der Waals surface area contributed by atoms with E-state index in [0.717, 1.165) is 11.6 Å². The van der Waals surface area contributed by atoms with Gasteiger partial charge in [0.15, 0.2) is 0 Å². The molecule has 6 nitrogen and oxygen atoms in total. The lowest BCUT2D eigenvalue weighted by atomic mass is 10.2. The summed E-state index contributed by atoms with van der Waals surface area (Å²) >= 11 is 0. The summed E-state index contributed by atoms with van der Waals surface area (Å²) in [6.45, 7) is 0.705. The molecule has 0 aliphatic carbocycles. The van der Waals surface area contributed by atoms with E-state index in [2.05, 4.69) is 10.5 Å². The van der Waals surface area contributed by atoms with Crippen molar-refractivity contribution in [2.45, 2.75) is 6.61 Å². The van der Waals surface area contributed by atoms with Crippen molar-refractivity contribution >= 4 is 12.1 Å². The van der Waals surface area contributed by atoms with Crippen LogP contribution in [-0.2, 0) is 11.3 Å². The molecule has 0 unspecified atom stereocenters. The topological polar surface area (TPSA) is 91.2 Å². The molecule has 0 aromatic heterocycles. The summed E-state index contributed by atoms with van der Waals surface area (Å²) in [7, 11) is 0. The van der Waals surface area contributed by atoms with Crippen LogP contribution < -0.4 is 5.43 Å². The second kappa shape index (κ2) is 7.80. The predicted molar refractivity (Wildman–Crippen MR) is 81.8 cm³/mol. The fourth-order valence-corrected chi connectivity index (χ4v) is 1.72. The molecule has 2 aromatic carbocycles. The highest BCUT2D eigenvalue weighted by molar-refractivity contribution is 5.97. The lowest BCUT2D eigenvalue weighted by molar-refractivity contribution is 0.0951. The van der Waals surface area contributed by atoms with Gasteiger partial charge < -0.3 is 14.9 Å². The van der Waals surface area contributed by atoms with Gasteiger partial charge in [0.25, 0.3) is 5.91 Å². The maximum atomic E-state index is 11.7.